The van der Waals surface area contributed by atoms with Gasteiger partial charge in [-0.05, 0) is 43.9 Å². The summed E-state index contributed by atoms with van der Waals surface area (Å²) < 4.78 is 0. The zero-order valence-corrected chi connectivity index (χ0v) is 12.4. The summed E-state index contributed by atoms with van der Waals surface area (Å²) in [6.07, 6.45) is 4.46. The van der Waals surface area contributed by atoms with Gasteiger partial charge in [0.15, 0.2) is 5.13 Å². The smallest absolute Gasteiger partial charge is 0.257 e. The Labute approximate surface area is 126 Å². The van der Waals surface area contributed by atoms with Gasteiger partial charge < -0.3 is 5.73 Å². The number of nitrogens with one attached hydrogen (secondary N) is 1. The molecule has 0 aliphatic heterocycles. The minimum Gasteiger partial charge on any atom is -0.398 e. The Hall–Kier alpha value is -1.59. The van der Waals surface area contributed by atoms with Gasteiger partial charge in [0.05, 0.1) is 16.4 Å². The second-order valence-corrected chi connectivity index (χ2v) is 6.28. The van der Waals surface area contributed by atoms with E-state index in [4.69, 9.17) is 17.3 Å². The summed E-state index contributed by atoms with van der Waals surface area (Å²) in [5.41, 5.74) is 7.71. The highest BCUT2D eigenvalue weighted by Gasteiger charge is 2.17. The van der Waals surface area contributed by atoms with Gasteiger partial charge in [0.1, 0.15) is 0 Å². The van der Waals surface area contributed by atoms with Crippen molar-refractivity contribution in [1.29, 1.82) is 0 Å². The zero-order valence-electron chi connectivity index (χ0n) is 10.8. The molecule has 4 nitrogen and oxygen atoms in total. The molecule has 1 aliphatic rings. The lowest BCUT2D eigenvalue weighted by atomic mass is 10.0. The fourth-order valence-corrected chi connectivity index (χ4v) is 3.47. The number of amides is 1. The van der Waals surface area contributed by atoms with Gasteiger partial charge in [-0.1, -0.05) is 11.6 Å². The van der Waals surface area contributed by atoms with Crippen LogP contribution >= 0.6 is 22.9 Å². The Morgan fingerprint density at radius 2 is 2.15 bits per heavy atom. The van der Waals surface area contributed by atoms with E-state index in [9.17, 15) is 4.79 Å². The van der Waals surface area contributed by atoms with Crippen LogP contribution in [0.4, 0.5) is 10.8 Å². The molecule has 6 heteroatoms. The van der Waals surface area contributed by atoms with Crippen LogP contribution in [-0.2, 0) is 12.8 Å². The predicted octanol–water partition coefficient (Wildman–Crippen LogP) is 3.51. The van der Waals surface area contributed by atoms with Gasteiger partial charge in [-0.15, -0.1) is 11.3 Å². The van der Waals surface area contributed by atoms with Crippen molar-refractivity contribution in [3.63, 3.8) is 0 Å². The number of fused-ring (bicyclic) bond motifs is 1. The van der Waals surface area contributed by atoms with E-state index in [0.29, 0.717) is 21.4 Å². The number of halogens is 1. The highest BCUT2D eigenvalue weighted by atomic mass is 35.5. The van der Waals surface area contributed by atoms with Gasteiger partial charge in [0.25, 0.3) is 5.91 Å². The van der Waals surface area contributed by atoms with E-state index < -0.39 is 0 Å². The van der Waals surface area contributed by atoms with E-state index in [-0.39, 0.29) is 5.91 Å². The molecule has 104 valence electrons. The average molecular weight is 308 g/mol. The highest BCUT2D eigenvalue weighted by molar-refractivity contribution is 7.15. The fraction of sp³-hybridized carbons (Fsp3) is 0.286. The first-order valence-electron chi connectivity index (χ1n) is 6.48. The molecule has 2 aromatic rings. The van der Waals surface area contributed by atoms with Crippen molar-refractivity contribution in [1.82, 2.24) is 4.98 Å². The third-order valence-electron chi connectivity index (χ3n) is 3.33. The summed E-state index contributed by atoms with van der Waals surface area (Å²) in [6.45, 7) is 0. The first kappa shape index (κ1) is 13.4. The first-order valence-corrected chi connectivity index (χ1v) is 7.68. The maximum Gasteiger partial charge on any atom is 0.257 e. The topological polar surface area (TPSA) is 68.0 Å². The number of nitrogens with zero attached hydrogens (tertiary/aromatic N) is 1. The molecule has 3 N–H and O–H groups in total. The van der Waals surface area contributed by atoms with Crippen LogP contribution in [-0.4, -0.2) is 10.9 Å². The van der Waals surface area contributed by atoms with Crippen molar-refractivity contribution < 1.29 is 4.79 Å². The summed E-state index contributed by atoms with van der Waals surface area (Å²) in [4.78, 5) is 17.9. The van der Waals surface area contributed by atoms with Gasteiger partial charge >= 0.3 is 0 Å². The second-order valence-electron chi connectivity index (χ2n) is 4.79. The van der Waals surface area contributed by atoms with E-state index in [0.717, 1.165) is 18.5 Å². The summed E-state index contributed by atoms with van der Waals surface area (Å²) in [5, 5.41) is 3.88. The van der Waals surface area contributed by atoms with Gasteiger partial charge in [0.2, 0.25) is 0 Å². The lowest BCUT2D eigenvalue weighted by Gasteiger charge is -2.06. The van der Waals surface area contributed by atoms with E-state index in [1.165, 1.54) is 17.7 Å². The Bertz CT molecular complexity index is 645. The highest BCUT2D eigenvalue weighted by Crippen LogP contribution is 2.30. The minimum absolute atomic E-state index is 0.210. The summed E-state index contributed by atoms with van der Waals surface area (Å²) in [7, 11) is 0. The van der Waals surface area contributed by atoms with Gasteiger partial charge in [-0.2, -0.15) is 0 Å². The first-order chi connectivity index (χ1) is 9.63. The Kier molecular flexibility index (Phi) is 3.63. The van der Waals surface area contributed by atoms with Crippen molar-refractivity contribution in [2.75, 3.05) is 11.1 Å². The van der Waals surface area contributed by atoms with Gasteiger partial charge in [0, 0.05) is 10.4 Å². The maximum absolute atomic E-state index is 12.1. The SMILES string of the molecule is Nc1ccc(C(=O)Nc2nc3c(s2)CCCC3)cc1Cl. The van der Waals surface area contributed by atoms with Crippen LogP contribution in [0.5, 0.6) is 0 Å². The standard InChI is InChI=1S/C14H14ClN3OS/c15-9-7-8(5-6-10(9)16)13(19)18-14-17-11-3-1-2-4-12(11)20-14/h5-7H,1-4,16H2,(H,17,18,19). The molecule has 1 amide bonds. The van der Waals surface area contributed by atoms with Crippen molar-refractivity contribution in [2.45, 2.75) is 25.7 Å². The molecule has 0 spiro atoms. The van der Waals surface area contributed by atoms with Crippen LogP contribution in [0, 0.1) is 0 Å². The lowest BCUT2D eigenvalue weighted by Crippen LogP contribution is -2.12. The van der Waals surface area contributed by atoms with Gasteiger partial charge in [-0.3, -0.25) is 10.1 Å². The molecule has 1 aromatic heterocycles. The third kappa shape index (κ3) is 2.64. The zero-order chi connectivity index (χ0) is 14.1. The lowest BCUT2D eigenvalue weighted by molar-refractivity contribution is 0.102. The molecule has 0 radical (unpaired) electrons. The quantitative estimate of drug-likeness (QED) is 0.834. The van der Waals surface area contributed by atoms with Gasteiger partial charge in [-0.25, -0.2) is 4.98 Å². The molecule has 0 atom stereocenters. The molecular formula is C14H14ClN3OS. The molecular weight excluding hydrogens is 294 g/mol. The number of rotatable bonds is 2. The predicted molar refractivity (Wildman–Crippen MR) is 82.6 cm³/mol. The normalized spacial score (nSPS) is 13.8. The number of anilines is 2. The molecule has 1 heterocycles. The fourth-order valence-electron chi connectivity index (χ4n) is 2.24. The number of hydrogen-bond donors (Lipinski definition) is 2. The average Bonchev–Trinajstić information content (AvgIpc) is 2.83. The van der Waals surface area contributed by atoms with Crippen molar-refractivity contribution in [2.24, 2.45) is 0 Å². The number of aromatic nitrogens is 1. The molecule has 1 aromatic carbocycles. The van der Waals surface area contributed by atoms with E-state index in [1.54, 1.807) is 29.5 Å². The Morgan fingerprint density at radius 3 is 2.90 bits per heavy atom. The largest absolute Gasteiger partial charge is 0.398 e. The summed E-state index contributed by atoms with van der Waals surface area (Å²) in [5.74, 6) is -0.210. The second kappa shape index (κ2) is 5.42. The van der Waals surface area contributed by atoms with E-state index in [1.807, 2.05) is 0 Å². The number of thiazole rings is 1. The molecule has 0 fully saturated rings. The summed E-state index contributed by atoms with van der Waals surface area (Å²) >= 11 is 7.49. The molecule has 0 bridgehead atoms. The van der Waals surface area contributed by atoms with Crippen LogP contribution in [0.15, 0.2) is 18.2 Å². The molecule has 0 saturated carbocycles. The van der Waals surface area contributed by atoms with Crippen LogP contribution in [0.1, 0.15) is 33.8 Å². The monoisotopic (exact) mass is 307 g/mol. The number of carbonyl (C=O) groups is 1. The molecule has 1 aliphatic carbocycles. The van der Waals surface area contributed by atoms with Crippen molar-refractivity contribution in [3.05, 3.63) is 39.4 Å². The van der Waals surface area contributed by atoms with E-state index >= 15 is 0 Å². The van der Waals surface area contributed by atoms with E-state index in [2.05, 4.69) is 10.3 Å². The van der Waals surface area contributed by atoms with Crippen LogP contribution in [0.2, 0.25) is 5.02 Å². The Balaban J connectivity index is 1.78. The van der Waals surface area contributed by atoms with Crippen LogP contribution < -0.4 is 11.1 Å². The molecule has 20 heavy (non-hydrogen) atoms. The minimum atomic E-state index is -0.210. The number of nitrogen functional groups attached to an aromatic ring is 1. The van der Waals surface area contributed by atoms with Crippen LogP contribution in [0.3, 0.4) is 0 Å². The van der Waals surface area contributed by atoms with Crippen LogP contribution in [0.25, 0.3) is 0 Å². The number of hydrogen-bond acceptors (Lipinski definition) is 4. The number of carbonyl (C=O) groups excluding carboxylic acids is 1. The molecule has 3 rings (SSSR count). The Morgan fingerprint density at radius 1 is 1.35 bits per heavy atom. The molecule has 0 saturated heterocycles. The number of nitrogens with two attached hydrogens (primary N) is 1. The third-order valence-corrected chi connectivity index (χ3v) is 4.73. The van der Waals surface area contributed by atoms with Crippen molar-refractivity contribution >= 4 is 39.7 Å². The molecule has 0 unspecified atom stereocenters. The number of aryl methyl sites for hydroxylation is 2. The summed E-state index contributed by atoms with van der Waals surface area (Å²) in [6, 6.07) is 4.86. The maximum atomic E-state index is 12.1. The van der Waals surface area contributed by atoms with Crippen molar-refractivity contribution in [3.8, 4) is 0 Å². The number of benzene rings is 1.